The summed E-state index contributed by atoms with van der Waals surface area (Å²) in [4.78, 5) is 27.6. The number of sulfonamides is 1. The molecule has 3 aromatic carbocycles. The Morgan fingerprint density at radius 1 is 0.947 bits per heavy atom. The third-order valence-electron chi connectivity index (χ3n) is 6.14. The molecule has 1 atom stereocenters. The standard InChI is InChI=1S/C28H28N2O7S/c1-29(2)38(34,35)23-14-12-19(13-15-23)26(31)24-25(30(16-17-36-3)28(33)27(24)32)20-8-7-11-22(18-20)37-21-9-5-4-6-10-21/h4-15,18,25,31H,16-17H2,1-3H3/b26-24+/t25-/m1/s1. The average Bonchev–Trinajstić information content (AvgIpc) is 3.17. The number of methoxy groups -OCH3 is 1. The topological polar surface area (TPSA) is 113 Å². The maximum absolute atomic E-state index is 13.2. The van der Waals surface area contributed by atoms with Crippen molar-refractivity contribution in [3.8, 4) is 11.5 Å². The molecule has 0 spiro atoms. The minimum atomic E-state index is -3.68. The van der Waals surface area contributed by atoms with E-state index in [1.807, 2.05) is 18.2 Å². The zero-order chi connectivity index (χ0) is 27.4. The molecule has 0 radical (unpaired) electrons. The summed E-state index contributed by atoms with van der Waals surface area (Å²) in [5, 5.41) is 11.2. The average molecular weight is 537 g/mol. The third-order valence-corrected chi connectivity index (χ3v) is 7.96. The van der Waals surface area contributed by atoms with Crippen LogP contribution >= 0.6 is 0 Å². The zero-order valence-corrected chi connectivity index (χ0v) is 22.0. The second-order valence-corrected chi connectivity index (χ2v) is 10.9. The summed E-state index contributed by atoms with van der Waals surface area (Å²) < 4.78 is 37.0. The molecule has 4 rings (SSSR count). The summed E-state index contributed by atoms with van der Waals surface area (Å²) in [6.45, 7) is 0.299. The van der Waals surface area contributed by atoms with Crippen LogP contribution in [0.5, 0.6) is 11.5 Å². The molecule has 1 aliphatic rings. The van der Waals surface area contributed by atoms with Crippen LogP contribution in [0.3, 0.4) is 0 Å². The van der Waals surface area contributed by atoms with Gasteiger partial charge in [0.15, 0.2) is 0 Å². The minimum absolute atomic E-state index is 0.0295. The van der Waals surface area contributed by atoms with Crippen LogP contribution in [0.1, 0.15) is 17.2 Å². The molecule has 1 aliphatic heterocycles. The van der Waals surface area contributed by atoms with Gasteiger partial charge in [0.05, 0.1) is 23.1 Å². The number of amides is 1. The summed E-state index contributed by atoms with van der Waals surface area (Å²) in [7, 11) is 0.641. The van der Waals surface area contributed by atoms with E-state index in [4.69, 9.17) is 9.47 Å². The number of ketones is 1. The van der Waals surface area contributed by atoms with Crippen LogP contribution in [-0.4, -0.2) is 68.8 Å². The van der Waals surface area contributed by atoms with Gasteiger partial charge in [0.25, 0.3) is 11.7 Å². The van der Waals surface area contributed by atoms with Crippen LogP contribution in [0, 0.1) is 0 Å². The Hall–Kier alpha value is -3.99. The molecule has 0 bridgehead atoms. The number of hydrogen-bond donors (Lipinski definition) is 1. The summed E-state index contributed by atoms with van der Waals surface area (Å²) in [6.07, 6.45) is 0. The highest BCUT2D eigenvalue weighted by molar-refractivity contribution is 7.89. The Kier molecular flexibility index (Phi) is 7.96. The van der Waals surface area contributed by atoms with Gasteiger partial charge in [-0.05, 0) is 54.1 Å². The molecule has 1 N–H and O–H groups in total. The summed E-state index contributed by atoms with van der Waals surface area (Å²) >= 11 is 0. The number of aliphatic hydroxyl groups is 1. The Balaban J connectivity index is 1.79. The van der Waals surface area contributed by atoms with Crippen molar-refractivity contribution in [2.75, 3.05) is 34.4 Å². The first-order chi connectivity index (χ1) is 18.1. The lowest BCUT2D eigenvalue weighted by molar-refractivity contribution is -0.140. The van der Waals surface area contributed by atoms with Crippen LogP contribution in [0.4, 0.5) is 0 Å². The number of rotatable bonds is 9. The fourth-order valence-electron chi connectivity index (χ4n) is 4.17. The number of hydrogen-bond acceptors (Lipinski definition) is 7. The maximum atomic E-state index is 13.2. The normalized spacial score (nSPS) is 17.3. The van der Waals surface area contributed by atoms with Gasteiger partial charge < -0.3 is 19.5 Å². The van der Waals surface area contributed by atoms with E-state index >= 15 is 0 Å². The van der Waals surface area contributed by atoms with Gasteiger partial charge in [-0.2, -0.15) is 0 Å². The molecule has 1 saturated heterocycles. The Labute approximate surface area is 221 Å². The van der Waals surface area contributed by atoms with E-state index in [0.29, 0.717) is 17.1 Å². The molecule has 9 nitrogen and oxygen atoms in total. The van der Waals surface area contributed by atoms with Gasteiger partial charge in [-0.25, -0.2) is 12.7 Å². The van der Waals surface area contributed by atoms with Gasteiger partial charge in [-0.3, -0.25) is 9.59 Å². The Morgan fingerprint density at radius 2 is 1.61 bits per heavy atom. The molecule has 1 heterocycles. The van der Waals surface area contributed by atoms with Crippen molar-refractivity contribution in [3.05, 3.63) is 95.6 Å². The molecule has 1 amide bonds. The highest BCUT2D eigenvalue weighted by Gasteiger charge is 2.46. The van der Waals surface area contributed by atoms with Crippen molar-refractivity contribution in [1.82, 2.24) is 9.21 Å². The SMILES string of the molecule is COCCN1C(=O)C(=O)/C(=C(/O)c2ccc(S(=O)(=O)N(C)C)cc2)[C@H]1c1cccc(Oc2ccccc2)c1. The smallest absolute Gasteiger partial charge is 0.295 e. The molecule has 0 aliphatic carbocycles. The van der Waals surface area contributed by atoms with Crippen LogP contribution < -0.4 is 4.74 Å². The molecule has 198 valence electrons. The molecule has 1 fully saturated rings. The summed E-state index contributed by atoms with van der Waals surface area (Å²) in [5.41, 5.74) is 0.655. The zero-order valence-electron chi connectivity index (χ0n) is 21.2. The van der Waals surface area contributed by atoms with E-state index < -0.39 is 33.5 Å². The molecule has 38 heavy (non-hydrogen) atoms. The highest BCUT2D eigenvalue weighted by atomic mass is 32.2. The van der Waals surface area contributed by atoms with E-state index in [2.05, 4.69) is 0 Å². The Morgan fingerprint density at radius 3 is 2.24 bits per heavy atom. The van der Waals surface area contributed by atoms with E-state index in [-0.39, 0.29) is 29.2 Å². The summed E-state index contributed by atoms with van der Waals surface area (Å²) in [5.74, 6) is -0.913. The van der Waals surface area contributed by atoms with Crippen LogP contribution in [0.15, 0.2) is 89.3 Å². The fraction of sp³-hybridized carbons (Fsp3) is 0.214. The molecular formula is C28H28N2O7S. The molecule has 0 unspecified atom stereocenters. The molecule has 10 heteroatoms. The first-order valence-corrected chi connectivity index (χ1v) is 13.2. The highest BCUT2D eigenvalue weighted by Crippen LogP contribution is 2.40. The van der Waals surface area contributed by atoms with Gasteiger partial charge >= 0.3 is 0 Å². The first kappa shape index (κ1) is 27.1. The molecule has 0 aromatic heterocycles. The van der Waals surface area contributed by atoms with Crippen molar-refractivity contribution in [3.63, 3.8) is 0 Å². The van der Waals surface area contributed by atoms with Crippen LogP contribution in [0.2, 0.25) is 0 Å². The number of Topliss-reactive ketones (excluding diaryl/α,β-unsaturated/α-hetero) is 1. The maximum Gasteiger partial charge on any atom is 0.295 e. The number of carbonyl (C=O) groups excluding carboxylic acids is 2. The van der Waals surface area contributed by atoms with E-state index in [1.54, 1.807) is 36.4 Å². The fourth-order valence-corrected chi connectivity index (χ4v) is 5.07. The minimum Gasteiger partial charge on any atom is -0.507 e. The summed E-state index contributed by atoms with van der Waals surface area (Å²) in [6, 6.07) is 20.7. The lowest BCUT2D eigenvalue weighted by Crippen LogP contribution is -2.32. The number of aliphatic hydroxyl groups excluding tert-OH is 1. The van der Waals surface area contributed by atoms with Crippen LogP contribution in [0.25, 0.3) is 5.76 Å². The number of carbonyl (C=O) groups is 2. The van der Waals surface area contributed by atoms with Crippen molar-refractivity contribution in [2.45, 2.75) is 10.9 Å². The first-order valence-electron chi connectivity index (χ1n) is 11.8. The van der Waals surface area contributed by atoms with Crippen molar-refractivity contribution in [2.24, 2.45) is 0 Å². The molecular weight excluding hydrogens is 508 g/mol. The predicted molar refractivity (Wildman–Crippen MR) is 141 cm³/mol. The molecule has 0 saturated carbocycles. The van der Waals surface area contributed by atoms with E-state index in [1.165, 1.54) is 50.4 Å². The quantitative estimate of drug-likeness (QED) is 0.251. The number of nitrogens with zero attached hydrogens (tertiary/aromatic N) is 2. The number of ether oxygens (including phenoxy) is 2. The van der Waals surface area contributed by atoms with Crippen molar-refractivity contribution < 1.29 is 32.6 Å². The monoisotopic (exact) mass is 536 g/mol. The van der Waals surface area contributed by atoms with Gasteiger partial charge in [0.2, 0.25) is 10.0 Å². The van der Waals surface area contributed by atoms with Gasteiger partial charge in [-0.1, -0.05) is 30.3 Å². The van der Waals surface area contributed by atoms with Crippen molar-refractivity contribution >= 4 is 27.5 Å². The Bertz CT molecular complexity index is 1470. The third kappa shape index (κ3) is 5.33. The van der Waals surface area contributed by atoms with Gasteiger partial charge in [-0.15, -0.1) is 0 Å². The van der Waals surface area contributed by atoms with Gasteiger partial charge in [0.1, 0.15) is 17.3 Å². The number of likely N-dealkylation sites (tertiary alicyclic amines) is 1. The number of para-hydroxylation sites is 1. The number of benzene rings is 3. The van der Waals surface area contributed by atoms with Gasteiger partial charge in [0, 0.05) is 33.3 Å². The second kappa shape index (κ2) is 11.2. The van der Waals surface area contributed by atoms with Crippen molar-refractivity contribution in [1.29, 1.82) is 0 Å². The molecule has 3 aromatic rings. The largest absolute Gasteiger partial charge is 0.507 e. The lowest BCUT2D eigenvalue weighted by Gasteiger charge is -2.25. The van der Waals surface area contributed by atoms with E-state index in [9.17, 15) is 23.1 Å². The lowest BCUT2D eigenvalue weighted by atomic mass is 9.95. The van der Waals surface area contributed by atoms with E-state index in [0.717, 1.165) is 4.31 Å². The second-order valence-electron chi connectivity index (χ2n) is 8.78. The van der Waals surface area contributed by atoms with Crippen LogP contribution in [-0.2, 0) is 24.3 Å². The predicted octanol–water partition coefficient (Wildman–Crippen LogP) is 3.80.